The third-order valence-corrected chi connectivity index (χ3v) is 6.97. The van der Waals surface area contributed by atoms with Crippen LogP contribution in [0.15, 0.2) is 47.4 Å². The first-order chi connectivity index (χ1) is 14.7. The Bertz CT molecular complexity index is 1090. The van der Waals surface area contributed by atoms with Crippen LogP contribution in [0, 0.1) is 0 Å². The number of halogens is 2. The fourth-order valence-electron chi connectivity index (χ4n) is 2.84. The lowest BCUT2D eigenvalue weighted by Crippen LogP contribution is -2.40. The maximum absolute atomic E-state index is 12.8. The SMILES string of the molecule is CC(OC(=O)c1cc(S(=O)(=O)N2CCOCC2)ccc1Cl)C(=O)Nc1cccc(Cl)c1. The first-order valence-electron chi connectivity index (χ1n) is 9.33. The number of nitrogens with one attached hydrogen (secondary N) is 1. The number of hydrogen-bond acceptors (Lipinski definition) is 6. The Hall–Kier alpha value is -2.17. The molecule has 11 heteroatoms. The summed E-state index contributed by atoms with van der Waals surface area (Å²) in [5, 5.41) is 3.03. The normalized spacial score (nSPS) is 15.8. The molecule has 1 fully saturated rings. The van der Waals surface area contributed by atoms with E-state index in [-0.39, 0.29) is 28.6 Å². The monoisotopic (exact) mass is 486 g/mol. The number of amides is 1. The number of esters is 1. The Balaban J connectivity index is 1.73. The second-order valence-corrected chi connectivity index (χ2v) is 9.49. The quantitative estimate of drug-likeness (QED) is 0.628. The van der Waals surface area contributed by atoms with E-state index in [0.29, 0.717) is 23.9 Å². The molecule has 8 nitrogen and oxygen atoms in total. The minimum absolute atomic E-state index is 0.00776. The van der Waals surface area contributed by atoms with E-state index in [1.165, 1.54) is 23.4 Å². The third kappa shape index (κ3) is 5.75. The molecule has 2 aromatic carbocycles. The van der Waals surface area contributed by atoms with Crippen molar-refractivity contribution in [3.8, 4) is 0 Å². The van der Waals surface area contributed by atoms with E-state index in [1.54, 1.807) is 24.3 Å². The zero-order valence-electron chi connectivity index (χ0n) is 16.5. The molecule has 166 valence electrons. The highest BCUT2D eigenvalue weighted by Crippen LogP contribution is 2.25. The van der Waals surface area contributed by atoms with E-state index in [4.69, 9.17) is 32.7 Å². The predicted molar refractivity (Wildman–Crippen MR) is 116 cm³/mol. The van der Waals surface area contributed by atoms with Crippen LogP contribution in [0.1, 0.15) is 17.3 Å². The number of ether oxygens (including phenoxy) is 2. The highest BCUT2D eigenvalue weighted by molar-refractivity contribution is 7.89. The maximum Gasteiger partial charge on any atom is 0.340 e. The van der Waals surface area contributed by atoms with E-state index >= 15 is 0 Å². The van der Waals surface area contributed by atoms with Crippen molar-refractivity contribution in [2.24, 2.45) is 0 Å². The van der Waals surface area contributed by atoms with Crippen molar-refractivity contribution >= 4 is 50.8 Å². The molecule has 1 heterocycles. The zero-order chi connectivity index (χ0) is 22.6. The molecule has 1 N–H and O–H groups in total. The van der Waals surface area contributed by atoms with Crippen molar-refractivity contribution in [1.82, 2.24) is 4.31 Å². The summed E-state index contributed by atoms with van der Waals surface area (Å²) in [4.78, 5) is 24.8. The standard InChI is InChI=1S/C20H20Cl2N2O6S/c1-13(19(25)23-15-4-2-3-14(21)11-15)30-20(26)17-12-16(5-6-18(17)22)31(27,28)24-7-9-29-10-8-24/h2-6,11-13H,7-10H2,1H3,(H,23,25). The number of benzene rings is 2. The second kappa shape index (κ2) is 9.97. The Morgan fingerprint density at radius 3 is 2.52 bits per heavy atom. The van der Waals surface area contributed by atoms with Crippen LogP contribution >= 0.6 is 23.2 Å². The van der Waals surface area contributed by atoms with Gasteiger partial charge in [0.25, 0.3) is 5.91 Å². The van der Waals surface area contributed by atoms with Crippen LogP contribution in [0.4, 0.5) is 5.69 Å². The Kier molecular flexibility index (Phi) is 7.55. The van der Waals surface area contributed by atoms with Crippen molar-refractivity contribution in [3.05, 3.63) is 58.1 Å². The summed E-state index contributed by atoms with van der Waals surface area (Å²) in [6.45, 7) is 2.40. The highest BCUT2D eigenvalue weighted by atomic mass is 35.5. The number of rotatable bonds is 6. The molecule has 31 heavy (non-hydrogen) atoms. The van der Waals surface area contributed by atoms with Gasteiger partial charge in [0.1, 0.15) is 0 Å². The summed E-state index contributed by atoms with van der Waals surface area (Å²) in [6.07, 6.45) is -1.16. The second-order valence-electron chi connectivity index (χ2n) is 6.71. The minimum Gasteiger partial charge on any atom is -0.449 e. The van der Waals surface area contributed by atoms with Gasteiger partial charge in [0.2, 0.25) is 10.0 Å². The minimum atomic E-state index is -3.83. The molecule has 1 unspecified atom stereocenters. The molecule has 2 aromatic rings. The fraction of sp³-hybridized carbons (Fsp3) is 0.300. The number of sulfonamides is 1. The molecule has 0 bridgehead atoms. The summed E-state index contributed by atoms with van der Waals surface area (Å²) in [5.41, 5.74) is 0.287. The average Bonchev–Trinajstić information content (AvgIpc) is 2.74. The summed E-state index contributed by atoms with van der Waals surface area (Å²) < 4.78 is 37.3. The van der Waals surface area contributed by atoms with E-state index in [9.17, 15) is 18.0 Å². The Morgan fingerprint density at radius 2 is 1.84 bits per heavy atom. The molecule has 1 atom stereocenters. The van der Waals surface area contributed by atoms with Gasteiger partial charge in [0.15, 0.2) is 6.10 Å². The van der Waals surface area contributed by atoms with Crippen LogP contribution in [0.3, 0.4) is 0 Å². The van der Waals surface area contributed by atoms with Gasteiger partial charge in [0, 0.05) is 23.8 Å². The molecular formula is C20H20Cl2N2O6S. The number of carbonyl (C=O) groups is 2. The lowest BCUT2D eigenvalue weighted by molar-refractivity contribution is -0.123. The molecule has 1 aliphatic rings. The van der Waals surface area contributed by atoms with Crippen LogP contribution in [0.2, 0.25) is 10.0 Å². The van der Waals surface area contributed by atoms with Crippen molar-refractivity contribution in [2.75, 3.05) is 31.6 Å². The van der Waals surface area contributed by atoms with E-state index in [0.717, 1.165) is 6.07 Å². The van der Waals surface area contributed by atoms with E-state index < -0.39 is 28.0 Å². The summed E-state index contributed by atoms with van der Waals surface area (Å²) in [5.74, 6) is -1.50. The van der Waals surface area contributed by atoms with Gasteiger partial charge >= 0.3 is 5.97 Å². The molecule has 0 aromatic heterocycles. The molecule has 0 radical (unpaired) electrons. The van der Waals surface area contributed by atoms with Gasteiger partial charge in [-0.3, -0.25) is 4.79 Å². The van der Waals surface area contributed by atoms with Crippen LogP contribution in [0.25, 0.3) is 0 Å². The summed E-state index contributed by atoms with van der Waals surface area (Å²) in [6, 6.07) is 10.3. The fourth-order valence-corrected chi connectivity index (χ4v) is 4.66. The van der Waals surface area contributed by atoms with Crippen molar-refractivity contribution in [3.63, 3.8) is 0 Å². The highest BCUT2D eigenvalue weighted by Gasteiger charge is 2.28. The summed E-state index contributed by atoms with van der Waals surface area (Å²) >= 11 is 12.0. The number of hydrogen-bond donors (Lipinski definition) is 1. The van der Waals surface area contributed by atoms with Gasteiger partial charge in [-0.25, -0.2) is 13.2 Å². The Morgan fingerprint density at radius 1 is 1.13 bits per heavy atom. The van der Waals surface area contributed by atoms with Crippen LogP contribution in [-0.4, -0.2) is 57.0 Å². The van der Waals surface area contributed by atoms with E-state index in [1.807, 2.05) is 0 Å². The molecule has 0 saturated carbocycles. The Labute approximate surface area is 190 Å². The smallest absolute Gasteiger partial charge is 0.340 e. The molecular weight excluding hydrogens is 467 g/mol. The topological polar surface area (TPSA) is 102 Å². The lowest BCUT2D eigenvalue weighted by atomic mass is 10.2. The summed E-state index contributed by atoms with van der Waals surface area (Å²) in [7, 11) is -3.83. The molecule has 1 amide bonds. The van der Waals surface area contributed by atoms with Gasteiger partial charge in [-0.2, -0.15) is 4.31 Å². The van der Waals surface area contributed by atoms with Crippen molar-refractivity contribution in [2.45, 2.75) is 17.9 Å². The number of morpholine rings is 1. The lowest BCUT2D eigenvalue weighted by Gasteiger charge is -2.26. The van der Waals surface area contributed by atoms with Gasteiger partial charge in [-0.1, -0.05) is 29.3 Å². The molecule has 1 saturated heterocycles. The number of anilines is 1. The number of carbonyl (C=O) groups excluding carboxylic acids is 2. The third-order valence-electron chi connectivity index (χ3n) is 4.51. The van der Waals surface area contributed by atoms with Gasteiger partial charge < -0.3 is 14.8 Å². The van der Waals surface area contributed by atoms with Crippen LogP contribution in [-0.2, 0) is 24.3 Å². The number of nitrogens with zero attached hydrogens (tertiary/aromatic N) is 1. The first kappa shape index (κ1) is 23.5. The predicted octanol–water partition coefficient (Wildman–Crippen LogP) is 3.20. The van der Waals surface area contributed by atoms with E-state index in [2.05, 4.69) is 5.32 Å². The zero-order valence-corrected chi connectivity index (χ0v) is 18.8. The molecule has 0 spiro atoms. The van der Waals surface area contributed by atoms with Gasteiger partial charge in [0.05, 0.1) is 28.7 Å². The van der Waals surface area contributed by atoms with Crippen molar-refractivity contribution in [1.29, 1.82) is 0 Å². The first-order valence-corrected chi connectivity index (χ1v) is 11.5. The largest absolute Gasteiger partial charge is 0.449 e. The van der Waals surface area contributed by atoms with Crippen LogP contribution < -0.4 is 5.32 Å². The average molecular weight is 487 g/mol. The van der Waals surface area contributed by atoms with Crippen LogP contribution in [0.5, 0.6) is 0 Å². The molecule has 1 aliphatic heterocycles. The molecule has 3 rings (SSSR count). The van der Waals surface area contributed by atoms with Crippen molar-refractivity contribution < 1.29 is 27.5 Å². The molecule has 0 aliphatic carbocycles. The van der Waals surface area contributed by atoms with Gasteiger partial charge in [-0.15, -0.1) is 0 Å². The van der Waals surface area contributed by atoms with Gasteiger partial charge in [-0.05, 0) is 43.3 Å². The maximum atomic E-state index is 12.8.